The second-order valence-electron chi connectivity index (χ2n) is 4.36. The fourth-order valence-electron chi connectivity index (χ4n) is 2.13. The molecule has 2 rings (SSSR count). The minimum Gasteiger partial charge on any atom is -0.478 e. The molecule has 0 atom stereocenters. The van der Waals surface area contributed by atoms with Crippen LogP contribution in [0.5, 0.6) is 0 Å². The Morgan fingerprint density at radius 3 is 2.82 bits per heavy atom. The van der Waals surface area contributed by atoms with Gasteiger partial charge in [0.05, 0.1) is 5.56 Å². The van der Waals surface area contributed by atoms with Gasteiger partial charge >= 0.3 is 5.97 Å². The zero-order valence-electron chi connectivity index (χ0n) is 9.85. The van der Waals surface area contributed by atoms with E-state index in [0.717, 1.165) is 18.8 Å². The van der Waals surface area contributed by atoms with Crippen molar-refractivity contribution in [1.29, 1.82) is 0 Å². The van der Waals surface area contributed by atoms with E-state index in [1.807, 2.05) is 6.07 Å². The van der Waals surface area contributed by atoms with Gasteiger partial charge in [0, 0.05) is 18.8 Å². The summed E-state index contributed by atoms with van der Waals surface area (Å²) in [6.07, 6.45) is 2.60. The van der Waals surface area contributed by atoms with Crippen LogP contribution in [0.15, 0.2) is 24.3 Å². The first-order valence-electron chi connectivity index (χ1n) is 6.05. The Labute approximate surface area is 101 Å². The lowest BCUT2D eigenvalue weighted by Gasteiger charge is -2.15. The summed E-state index contributed by atoms with van der Waals surface area (Å²) < 4.78 is 0. The van der Waals surface area contributed by atoms with E-state index < -0.39 is 5.97 Å². The molecule has 1 aliphatic rings. The average Bonchev–Trinajstić information content (AvgIpc) is 2.82. The SMILES string of the molecule is O=C(O)c1cccc(NCCN2CCCC2)c1. The summed E-state index contributed by atoms with van der Waals surface area (Å²) >= 11 is 0. The van der Waals surface area contributed by atoms with E-state index in [9.17, 15) is 4.79 Å². The minimum absolute atomic E-state index is 0.330. The van der Waals surface area contributed by atoms with E-state index in [4.69, 9.17) is 5.11 Å². The van der Waals surface area contributed by atoms with Crippen LogP contribution < -0.4 is 5.32 Å². The monoisotopic (exact) mass is 234 g/mol. The van der Waals surface area contributed by atoms with Gasteiger partial charge in [-0.15, -0.1) is 0 Å². The first kappa shape index (κ1) is 11.9. The van der Waals surface area contributed by atoms with Crippen molar-refractivity contribution in [3.8, 4) is 0 Å². The van der Waals surface area contributed by atoms with Crippen molar-refractivity contribution in [2.45, 2.75) is 12.8 Å². The number of anilines is 1. The largest absolute Gasteiger partial charge is 0.478 e. The summed E-state index contributed by atoms with van der Waals surface area (Å²) in [5.41, 5.74) is 1.21. The van der Waals surface area contributed by atoms with Crippen LogP contribution in [0.3, 0.4) is 0 Å². The van der Waals surface area contributed by atoms with Crippen LogP contribution >= 0.6 is 0 Å². The molecule has 0 saturated carbocycles. The molecule has 17 heavy (non-hydrogen) atoms. The molecule has 1 saturated heterocycles. The molecule has 4 heteroatoms. The van der Waals surface area contributed by atoms with Crippen molar-refractivity contribution in [1.82, 2.24) is 4.90 Å². The molecule has 2 N–H and O–H groups in total. The maximum Gasteiger partial charge on any atom is 0.335 e. The molecule has 0 spiro atoms. The molecule has 92 valence electrons. The summed E-state index contributed by atoms with van der Waals surface area (Å²) in [5.74, 6) is -0.881. The number of benzene rings is 1. The van der Waals surface area contributed by atoms with Crippen molar-refractivity contribution in [2.24, 2.45) is 0 Å². The Morgan fingerprint density at radius 1 is 1.35 bits per heavy atom. The van der Waals surface area contributed by atoms with Gasteiger partial charge in [0.25, 0.3) is 0 Å². The van der Waals surface area contributed by atoms with E-state index in [1.165, 1.54) is 25.9 Å². The first-order valence-corrected chi connectivity index (χ1v) is 6.05. The number of likely N-dealkylation sites (tertiary alicyclic amines) is 1. The van der Waals surface area contributed by atoms with Crippen molar-refractivity contribution >= 4 is 11.7 Å². The van der Waals surface area contributed by atoms with Gasteiger partial charge in [0.1, 0.15) is 0 Å². The summed E-state index contributed by atoms with van der Waals surface area (Å²) in [6.45, 7) is 4.27. The third-order valence-corrected chi connectivity index (χ3v) is 3.07. The highest BCUT2D eigenvalue weighted by Crippen LogP contribution is 2.11. The lowest BCUT2D eigenvalue weighted by molar-refractivity contribution is 0.0697. The third-order valence-electron chi connectivity index (χ3n) is 3.07. The standard InChI is InChI=1S/C13H18N2O2/c16-13(17)11-4-3-5-12(10-11)14-6-9-15-7-1-2-8-15/h3-5,10,14H,1-2,6-9H2,(H,16,17). The van der Waals surface area contributed by atoms with Crippen LogP contribution in [0.4, 0.5) is 5.69 Å². The van der Waals surface area contributed by atoms with Crippen molar-refractivity contribution in [3.05, 3.63) is 29.8 Å². The Bertz CT molecular complexity index is 387. The zero-order valence-corrected chi connectivity index (χ0v) is 9.85. The van der Waals surface area contributed by atoms with Crippen molar-refractivity contribution in [3.63, 3.8) is 0 Å². The fraction of sp³-hybridized carbons (Fsp3) is 0.462. The average molecular weight is 234 g/mol. The van der Waals surface area contributed by atoms with Crippen LogP contribution in [0, 0.1) is 0 Å². The smallest absolute Gasteiger partial charge is 0.335 e. The number of carbonyl (C=O) groups is 1. The topological polar surface area (TPSA) is 52.6 Å². The Hall–Kier alpha value is -1.55. The van der Waals surface area contributed by atoms with Gasteiger partial charge < -0.3 is 15.3 Å². The summed E-state index contributed by atoms with van der Waals surface area (Å²) in [7, 11) is 0. The highest BCUT2D eigenvalue weighted by Gasteiger charge is 2.10. The van der Waals surface area contributed by atoms with E-state index in [2.05, 4.69) is 10.2 Å². The van der Waals surface area contributed by atoms with E-state index in [0.29, 0.717) is 5.56 Å². The molecule has 4 nitrogen and oxygen atoms in total. The van der Waals surface area contributed by atoms with Crippen molar-refractivity contribution < 1.29 is 9.90 Å². The number of hydrogen-bond acceptors (Lipinski definition) is 3. The maximum absolute atomic E-state index is 10.8. The number of rotatable bonds is 5. The Morgan fingerprint density at radius 2 is 2.12 bits per heavy atom. The second-order valence-corrected chi connectivity index (χ2v) is 4.36. The lowest BCUT2D eigenvalue weighted by atomic mass is 10.2. The predicted octanol–water partition coefficient (Wildman–Crippen LogP) is 1.89. The molecule has 0 aromatic heterocycles. The van der Waals surface area contributed by atoms with Gasteiger partial charge in [-0.1, -0.05) is 6.07 Å². The molecule has 0 unspecified atom stereocenters. The number of nitrogens with zero attached hydrogens (tertiary/aromatic N) is 1. The Kier molecular flexibility index (Phi) is 3.98. The van der Waals surface area contributed by atoms with Crippen LogP contribution in [-0.4, -0.2) is 42.2 Å². The van der Waals surface area contributed by atoms with Gasteiger partial charge in [0.15, 0.2) is 0 Å². The van der Waals surface area contributed by atoms with E-state index in [-0.39, 0.29) is 0 Å². The molecule has 1 aromatic carbocycles. The molecular weight excluding hydrogens is 216 g/mol. The highest BCUT2D eigenvalue weighted by atomic mass is 16.4. The zero-order chi connectivity index (χ0) is 12.1. The number of carboxylic acids is 1. The van der Waals surface area contributed by atoms with Crippen LogP contribution in [-0.2, 0) is 0 Å². The molecule has 1 aromatic rings. The van der Waals surface area contributed by atoms with Gasteiger partial charge in [-0.3, -0.25) is 0 Å². The summed E-state index contributed by atoms with van der Waals surface area (Å²) in [4.78, 5) is 13.2. The normalized spacial score (nSPS) is 16.0. The molecule has 0 amide bonds. The molecule has 0 aliphatic carbocycles. The Balaban J connectivity index is 1.81. The summed E-state index contributed by atoms with van der Waals surface area (Å²) in [6, 6.07) is 6.94. The number of aromatic carboxylic acids is 1. The van der Waals surface area contributed by atoms with Crippen LogP contribution in [0.2, 0.25) is 0 Å². The van der Waals surface area contributed by atoms with Crippen molar-refractivity contribution in [2.75, 3.05) is 31.5 Å². The number of nitrogens with one attached hydrogen (secondary N) is 1. The van der Waals surface area contributed by atoms with Crippen LogP contribution in [0.1, 0.15) is 23.2 Å². The summed E-state index contributed by atoms with van der Waals surface area (Å²) in [5, 5.41) is 12.1. The quantitative estimate of drug-likeness (QED) is 0.817. The van der Waals surface area contributed by atoms with E-state index in [1.54, 1.807) is 18.2 Å². The maximum atomic E-state index is 10.8. The van der Waals surface area contributed by atoms with E-state index >= 15 is 0 Å². The molecule has 0 bridgehead atoms. The van der Waals surface area contributed by atoms with Gasteiger partial charge in [0.2, 0.25) is 0 Å². The lowest BCUT2D eigenvalue weighted by Crippen LogP contribution is -2.25. The van der Waals surface area contributed by atoms with Crippen LogP contribution in [0.25, 0.3) is 0 Å². The van der Waals surface area contributed by atoms with Gasteiger partial charge in [-0.2, -0.15) is 0 Å². The second kappa shape index (κ2) is 5.68. The van der Waals surface area contributed by atoms with Gasteiger partial charge in [-0.25, -0.2) is 4.79 Å². The molecule has 1 heterocycles. The fourth-order valence-corrected chi connectivity index (χ4v) is 2.13. The molecule has 1 aliphatic heterocycles. The molecule has 0 radical (unpaired) electrons. The number of hydrogen-bond donors (Lipinski definition) is 2. The molecular formula is C13H18N2O2. The minimum atomic E-state index is -0.881. The predicted molar refractivity (Wildman–Crippen MR) is 67.6 cm³/mol. The number of carboxylic acid groups (broad SMARTS) is 1. The third kappa shape index (κ3) is 3.46. The first-order chi connectivity index (χ1) is 8.25. The highest BCUT2D eigenvalue weighted by molar-refractivity contribution is 5.88. The van der Waals surface area contributed by atoms with Gasteiger partial charge in [-0.05, 0) is 44.1 Å². The molecule has 1 fully saturated rings.